The van der Waals surface area contributed by atoms with E-state index in [0.717, 1.165) is 0 Å². The van der Waals surface area contributed by atoms with Crippen LogP contribution >= 0.6 is 0 Å². The quantitative estimate of drug-likeness (QED) is 0.602. The van der Waals surface area contributed by atoms with E-state index in [1.165, 1.54) is 0 Å². The Bertz CT molecular complexity index is 337. The lowest BCUT2D eigenvalue weighted by molar-refractivity contribution is -0.295. The van der Waals surface area contributed by atoms with E-state index in [0.29, 0.717) is 6.92 Å². The molecule has 0 spiro atoms. The standard InChI is InChI=1S/C8H8F7NO/c1-4(5(16)17)2-6(10,11)8(14,15)7(12,13)3-9/h2H,3H2,1H3,(H2,16,17)/b4-2+. The molecule has 0 aromatic heterocycles. The summed E-state index contributed by atoms with van der Waals surface area (Å²) in [5.74, 6) is -18.4. The lowest BCUT2D eigenvalue weighted by Crippen LogP contribution is -2.54. The molecule has 0 aromatic carbocycles. The summed E-state index contributed by atoms with van der Waals surface area (Å²) in [6.07, 6.45) is -0.709. The van der Waals surface area contributed by atoms with Crippen LogP contribution in [0.5, 0.6) is 0 Å². The Balaban J connectivity index is 5.46. The molecule has 1 amide bonds. The number of amides is 1. The van der Waals surface area contributed by atoms with Crippen molar-refractivity contribution in [3.05, 3.63) is 11.6 Å². The van der Waals surface area contributed by atoms with Crippen molar-refractivity contribution in [1.82, 2.24) is 0 Å². The Labute approximate surface area is 91.3 Å². The number of halogens is 7. The first kappa shape index (κ1) is 15.7. The highest BCUT2D eigenvalue weighted by Gasteiger charge is 2.70. The minimum absolute atomic E-state index is 0.639. The first-order valence-corrected chi connectivity index (χ1v) is 4.07. The van der Waals surface area contributed by atoms with Crippen molar-refractivity contribution in [2.24, 2.45) is 5.73 Å². The third kappa shape index (κ3) is 2.89. The van der Waals surface area contributed by atoms with Gasteiger partial charge < -0.3 is 5.73 Å². The van der Waals surface area contributed by atoms with E-state index in [1.807, 2.05) is 0 Å². The zero-order valence-electron chi connectivity index (χ0n) is 8.42. The highest BCUT2D eigenvalue weighted by atomic mass is 19.3. The second-order valence-corrected chi connectivity index (χ2v) is 3.23. The van der Waals surface area contributed by atoms with Crippen LogP contribution in [0.15, 0.2) is 11.6 Å². The van der Waals surface area contributed by atoms with Gasteiger partial charge in [-0.25, -0.2) is 4.39 Å². The summed E-state index contributed by atoms with van der Waals surface area (Å²) >= 11 is 0. The normalized spacial score (nSPS) is 14.9. The van der Waals surface area contributed by atoms with E-state index in [4.69, 9.17) is 0 Å². The molecule has 0 bridgehead atoms. The molecular formula is C8H8F7NO. The molecular weight excluding hydrogens is 259 g/mol. The number of hydrogen-bond donors (Lipinski definition) is 1. The monoisotopic (exact) mass is 267 g/mol. The molecule has 2 nitrogen and oxygen atoms in total. The number of rotatable bonds is 5. The molecule has 100 valence electrons. The average molecular weight is 267 g/mol. The van der Waals surface area contributed by atoms with Crippen molar-refractivity contribution < 1.29 is 35.5 Å². The molecule has 0 aliphatic rings. The minimum Gasteiger partial charge on any atom is -0.366 e. The molecule has 0 aliphatic heterocycles. The van der Waals surface area contributed by atoms with Crippen LogP contribution < -0.4 is 5.73 Å². The van der Waals surface area contributed by atoms with E-state index in [1.54, 1.807) is 0 Å². The maximum Gasteiger partial charge on any atom is 0.378 e. The smallest absolute Gasteiger partial charge is 0.366 e. The Kier molecular flexibility index (Phi) is 4.19. The molecule has 0 unspecified atom stereocenters. The van der Waals surface area contributed by atoms with E-state index in [2.05, 4.69) is 5.73 Å². The molecule has 9 heteroatoms. The molecule has 2 N–H and O–H groups in total. The average Bonchev–Trinajstić information content (AvgIpc) is 2.16. The lowest BCUT2D eigenvalue weighted by atomic mass is 10.0. The number of alkyl halides is 7. The van der Waals surface area contributed by atoms with E-state index in [9.17, 15) is 35.5 Å². The van der Waals surface area contributed by atoms with Gasteiger partial charge >= 0.3 is 17.8 Å². The van der Waals surface area contributed by atoms with Crippen LogP contribution in [0.4, 0.5) is 30.7 Å². The topological polar surface area (TPSA) is 43.1 Å². The van der Waals surface area contributed by atoms with Crippen molar-refractivity contribution >= 4 is 5.91 Å². The van der Waals surface area contributed by atoms with Gasteiger partial charge in [0.1, 0.15) is 0 Å². The molecule has 0 saturated heterocycles. The Morgan fingerprint density at radius 1 is 1.18 bits per heavy atom. The van der Waals surface area contributed by atoms with Gasteiger partial charge in [-0.05, 0) is 13.0 Å². The summed E-state index contributed by atoms with van der Waals surface area (Å²) in [6.45, 7) is -2.32. The Morgan fingerprint density at radius 3 is 1.88 bits per heavy atom. The minimum atomic E-state index is -5.97. The van der Waals surface area contributed by atoms with Gasteiger partial charge in [0.05, 0.1) is 0 Å². The summed E-state index contributed by atoms with van der Waals surface area (Å²) in [5.41, 5.74) is 3.44. The second-order valence-electron chi connectivity index (χ2n) is 3.23. The molecule has 0 heterocycles. The number of carbonyl (C=O) groups is 1. The fraction of sp³-hybridized carbons (Fsp3) is 0.625. The first-order valence-electron chi connectivity index (χ1n) is 4.07. The maximum atomic E-state index is 12.8. The predicted octanol–water partition coefficient (Wildman–Crippen LogP) is 2.29. The number of carbonyl (C=O) groups excluding carboxylic acids is 1. The van der Waals surface area contributed by atoms with Crippen molar-refractivity contribution in [2.45, 2.75) is 24.7 Å². The van der Waals surface area contributed by atoms with Gasteiger partial charge in [0.25, 0.3) is 0 Å². The fourth-order valence-electron chi connectivity index (χ4n) is 0.761. The fourth-order valence-corrected chi connectivity index (χ4v) is 0.761. The van der Waals surface area contributed by atoms with Gasteiger partial charge in [0, 0.05) is 5.57 Å². The number of primary amides is 1. The van der Waals surface area contributed by atoms with Crippen molar-refractivity contribution in [2.75, 3.05) is 6.67 Å². The first-order chi connectivity index (χ1) is 7.39. The van der Waals surface area contributed by atoms with Crippen LogP contribution in [-0.2, 0) is 4.79 Å². The predicted molar refractivity (Wildman–Crippen MR) is 43.8 cm³/mol. The van der Waals surface area contributed by atoms with Crippen LogP contribution in [-0.4, -0.2) is 30.3 Å². The molecule has 0 rings (SSSR count). The number of hydrogen-bond acceptors (Lipinski definition) is 1. The van der Waals surface area contributed by atoms with Crippen LogP contribution in [0.2, 0.25) is 0 Å². The van der Waals surface area contributed by atoms with Gasteiger partial charge in [-0.1, -0.05) is 0 Å². The lowest BCUT2D eigenvalue weighted by Gasteiger charge is -2.29. The van der Waals surface area contributed by atoms with Crippen molar-refractivity contribution in [1.29, 1.82) is 0 Å². The Morgan fingerprint density at radius 2 is 1.59 bits per heavy atom. The van der Waals surface area contributed by atoms with Crippen LogP contribution in [0.1, 0.15) is 6.92 Å². The molecule has 0 saturated carbocycles. The largest absolute Gasteiger partial charge is 0.378 e. The maximum absolute atomic E-state index is 12.8. The number of allylic oxidation sites excluding steroid dienone is 1. The van der Waals surface area contributed by atoms with Gasteiger partial charge in [0.15, 0.2) is 6.67 Å². The third-order valence-corrected chi connectivity index (χ3v) is 1.83. The van der Waals surface area contributed by atoms with E-state index >= 15 is 0 Å². The summed E-state index contributed by atoms with van der Waals surface area (Å²) < 4.78 is 87.2. The van der Waals surface area contributed by atoms with E-state index in [-0.39, 0.29) is 0 Å². The van der Waals surface area contributed by atoms with Gasteiger partial charge in [0.2, 0.25) is 5.91 Å². The van der Waals surface area contributed by atoms with Gasteiger partial charge in [-0.2, -0.15) is 26.3 Å². The van der Waals surface area contributed by atoms with Crippen LogP contribution in [0.3, 0.4) is 0 Å². The SMILES string of the molecule is C/C(=C\C(F)(F)C(F)(F)C(F)(F)CF)C(N)=O. The molecule has 0 atom stereocenters. The molecule has 0 fully saturated rings. The highest BCUT2D eigenvalue weighted by molar-refractivity contribution is 5.91. The molecule has 0 radical (unpaired) electrons. The highest BCUT2D eigenvalue weighted by Crippen LogP contribution is 2.46. The van der Waals surface area contributed by atoms with Crippen molar-refractivity contribution in [3.63, 3.8) is 0 Å². The van der Waals surface area contributed by atoms with Gasteiger partial charge in [-0.3, -0.25) is 4.79 Å². The zero-order valence-corrected chi connectivity index (χ0v) is 8.42. The van der Waals surface area contributed by atoms with E-state index < -0.39 is 42.0 Å². The van der Waals surface area contributed by atoms with Crippen LogP contribution in [0.25, 0.3) is 0 Å². The summed E-state index contributed by atoms with van der Waals surface area (Å²) in [4.78, 5) is 10.3. The van der Waals surface area contributed by atoms with Gasteiger partial charge in [-0.15, -0.1) is 0 Å². The Hall–Kier alpha value is -1.28. The zero-order chi connectivity index (χ0) is 14.1. The summed E-state index contributed by atoms with van der Waals surface area (Å²) in [6, 6.07) is 0. The van der Waals surface area contributed by atoms with Crippen LogP contribution in [0, 0.1) is 0 Å². The summed E-state index contributed by atoms with van der Waals surface area (Å²) in [5, 5.41) is 0. The summed E-state index contributed by atoms with van der Waals surface area (Å²) in [7, 11) is 0. The van der Waals surface area contributed by atoms with Crippen molar-refractivity contribution in [3.8, 4) is 0 Å². The molecule has 0 aliphatic carbocycles. The third-order valence-electron chi connectivity index (χ3n) is 1.83. The molecule has 17 heavy (non-hydrogen) atoms. The second kappa shape index (κ2) is 4.53. The number of nitrogens with two attached hydrogens (primary N) is 1. The molecule has 0 aromatic rings.